The minimum atomic E-state index is -1.26. The topological polar surface area (TPSA) is 61.8 Å². The molecular formula is C21H14O5. The first-order chi connectivity index (χ1) is 12.7. The maximum atomic E-state index is 13.2. The van der Waals surface area contributed by atoms with Gasteiger partial charge in [0.25, 0.3) is 0 Å². The van der Waals surface area contributed by atoms with Crippen molar-refractivity contribution in [1.82, 2.24) is 0 Å². The zero-order chi connectivity index (χ0) is 17.9. The van der Waals surface area contributed by atoms with Crippen LogP contribution in [0.3, 0.4) is 0 Å². The van der Waals surface area contributed by atoms with Gasteiger partial charge in [-0.3, -0.25) is 4.79 Å². The molecule has 2 aromatic carbocycles. The quantitative estimate of drug-likeness (QED) is 0.743. The summed E-state index contributed by atoms with van der Waals surface area (Å²) in [5.41, 5.74) is 0.530. The SMILES string of the molecule is COC1=CC=C2Oc3ccccc3C3(OC(=O)c4ccccc43)C2C1=O. The molecule has 0 saturated carbocycles. The molecule has 1 aliphatic carbocycles. The molecule has 2 aromatic rings. The number of hydrogen-bond donors (Lipinski definition) is 0. The molecule has 0 radical (unpaired) electrons. The Morgan fingerprint density at radius 1 is 0.962 bits per heavy atom. The van der Waals surface area contributed by atoms with E-state index in [4.69, 9.17) is 14.2 Å². The van der Waals surface area contributed by atoms with Crippen LogP contribution in [0.4, 0.5) is 0 Å². The van der Waals surface area contributed by atoms with Gasteiger partial charge in [0.2, 0.25) is 5.78 Å². The molecule has 128 valence electrons. The number of ketones is 1. The van der Waals surface area contributed by atoms with Crippen molar-refractivity contribution in [2.45, 2.75) is 5.60 Å². The maximum Gasteiger partial charge on any atom is 0.339 e. The van der Waals surface area contributed by atoms with Gasteiger partial charge in [-0.2, -0.15) is 0 Å². The molecule has 5 rings (SSSR count). The highest BCUT2D eigenvalue weighted by molar-refractivity contribution is 6.03. The highest BCUT2D eigenvalue weighted by atomic mass is 16.6. The van der Waals surface area contributed by atoms with Crippen molar-refractivity contribution in [1.29, 1.82) is 0 Å². The first-order valence-electron chi connectivity index (χ1n) is 8.27. The normalized spacial score (nSPS) is 25.3. The number of Topliss-reactive ketones (excluding diaryl/α,β-unsaturated/α-hetero) is 1. The van der Waals surface area contributed by atoms with Gasteiger partial charge >= 0.3 is 5.97 Å². The molecule has 1 spiro atoms. The molecule has 0 bridgehead atoms. The van der Waals surface area contributed by atoms with Crippen molar-refractivity contribution in [2.24, 2.45) is 5.92 Å². The average molecular weight is 346 g/mol. The van der Waals surface area contributed by atoms with E-state index in [9.17, 15) is 9.59 Å². The molecule has 2 atom stereocenters. The number of carbonyl (C=O) groups excluding carboxylic acids is 2. The van der Waals surface area contributed by atoms with E-state index in [-0.39, 0.29) is 11.5 Å². The van der Waals surface area contributed by atoms with Crippen LogP contribution in [-0.2, 0) is 19.9 Å². The summed E-state index contributed by atoms with van der Waals surface area (Å²) in [4.78, 5) is 25.8. The Morgan fingerprint density at radius 3 is 2.50 bits per heavy atom. The molecule has 5 heteroatoms. The number of hydrogen-bond acceptors (Lipinski definition) is 5. The van der Waals surface area contributed by atoms with Crippen LogP contribution < -0.4 is 4.74 Å². The lowest BCUT2D eigenvalue weighted by atomic mass is 9.70. The summed E-state index contributed by atoms with van der Waals surface area (Å²) in [5, 5.41) is 0. The zero-order valence-corrected chi connectivity index (χ0v) is 13.9. The minimum absolute atomic E-state index is 0.210. The third-order valence-electron chi connectivity index (χ3n) is 5.13. The van der Waals surface area contributed by atoms with E-state index < -0.39 is 17.5 Å². The molecule has 2 heterocycles. The maximum absolute atomic E-state index is 13.2. The van der Waals surface area contributed by atoms with E-state index in [0.717, 1.165) is 0 Å². The molecule has 5 nitrogen and oxygen atoms in total. The number of methoxy groups -OCH3 is 1. The summed E-state index contributed by atoms with van der Waals surface area (Å²) in [7, 11) is 1.45. The minimum Gasteiger partial charge on any atom is -0.493 e. The summed E-state index contributed by atoms with van der Waals surface area (Å²) in [6, 6.07) is 14.5. The van der Waals surface area contributed by atoms with Crippen molar-refractivity contribution in [3.8, 4) is 5.75 Å². The van der Waals surface area contributed by atoms with E-state index in [0.29, 0.717) is 28.2 Å². The number of esters is 1. The number of para-hydroxylation sites is 1. The van der Waals surface area contributed by atoms with Gasteiger partial charge in [-0.15, -0.1) is 0 Å². The highest BCUT2D eigenvalue weighted by Gasteiger charge is 2.61. The number of ether oxygens (including phenoxy) is 3. The van der Waals surface area contributed by atoms with Crippen LogP contribution >= 0.6 is 0 Å². The van der Waals surface area contributed by atoms with Crippen LogP contribution in [0.1, 0.15) is 21.5 Å². The van der Waals surface area contributed by atoms with E-state index in [1.807, 2.05) is 36.4 Å². The zero-order valence-electron chi connectivity index (χ0n) is 13.9. The molecule has 26 heavy (non-hydrogen) atoms. The van der Waals surface area contributed by atoms with Crippen molar-refractivity contribution in [3.63, 3.8) is 0 Å². The van der Waals surface area contributed by atoms with Crippen molar-refractivity contribution < 1.29 is 23.8 Å². The molecule has 0 aromatic heterocycles. The molecule has 0 fully saturated rings. The van der Waals surface area contributed by atoms with Gasteiger partial charge in [0.15, 0.2) is 11.4 Å². The van der Waals surface area contributed by atoms with Gasteiger partial charge in [-0.25, -0.2) is 4.79 Å². The Bertz CT molecular complexity index is 1030. The lowest BCUT2D eigenvalue weighted by molar-refractivity contribution is -0.130. The monoisotopic (exact) mass is 346 g/mol. The van der Waals surface area contributed by atoms with Gasteiger partial charge in [0.1, 0.15) is 17.4 Å². The van der Waals surface area contributed by atoms with Crippen LogP contribution in [0.15, 0.2) is 72.2 Å². The van der Waals surface area contributed by atoms with Gasteiger partial charge < -0.3 is 14.2 Å². The Morgan fingerprint density at radius 2 is 1.69 bits per heavy atom. The predicted molar refractivity (Wildman–Crippen MR) is 91.4 cm³/mol. The van der Waals surface area contributed by atoms with E-state index >= 15 is 0 Å². The van der Waals surface area contributed by atoms with E-state index in [1.165, 1.54) is 7.11 Å². The number of fused-ring (bicyclic) bond motifs is 6. The van der Waals surface area contributed by atoms with Gasteiger partial charge in [-0.1, -0.05) is 36.4 Å². The van der Waals surface area contributed by atoms with Crippen molar-refractivity contribution in [3.05, 3.63) is 88.9 Å². The molecule has 3 aliphatic rings. The standard InChI is InChI=1S/C21H14O5/c1-24-17-11-10-16-18(19(17)22)21(14-8-4-5-9-15(14)25-16)13-7-3-2-6-12(13)20(23)26-21/h2-11,18H,1H3. The predicted octanol–water partition coefficient (Wildman–Crippen LogP) is 3.11. The fraction of sp³-hybridized carbons (Fsp3) is 0.143. The second-order valence-corrected chi connectivity index (χ2v) is 6.37. The highest BCUT2D eigenvalue weighted by Crippen LogP contribution is 2.56. The van der Waals surface area contributed by atoms with Gasteiger partial charge in [0, 0.05) is 11.1 Å². The molecule has 0 saturated heterocycles. The number of allylic oxidation sites excluding steroid dienone is 3. The van der Waals surface area contributed by atoms with Crippen LogP contribution in [0, 0.1) is 5.92 Å². The van der Waals surface area contributed by atoms with Gasteiger partial charge in [0.05, 0.1) is 12.7 Å². The van der Waals surface area contributed by atoms with Crippen LogP contribution in [-0.4, -0.2) is 18.9 Å². The van der Waals surface area contributed by atoms with Crippen LogP contribution in [0.5, 0.6) is 5.75 Å². The molecule has 2 unspecified atom stereocenters. The Balaban J connectivity index is 1.86. The average Bonchev–Trinajstić information content (AvgIpc) is 2.96. The van der Waals surface area contributed by atoms with E-state index in [1.54, 1.807) is 24.3 Å². The second-order valence-electron chi connectivity index (χ2n) is 6.37. The van der Waals surface area contributed by atoms with Crippen molar-refractivity contribution >= 4 is 11.8 Å². The number of rotatable bonds is 1. The Labute approximate surface area is 149 Å². The number of carbonyl (C=O) groups is 2. The van der Waals surface area contributed by atoms with Crippen molar-refractivity contribution in [2.75, 3.05) is 7.11 Å². The molecular weight excluding hydrogens is 332 g/mol. The lowest BCUT2D eigenvalue weighted by Gasteiger charge is -2.42. The first kappa shape index (κ1) is 15.0. The van der Waals surface area contributed by atoms with Crippen LogP contribution in [0.2, 0.25) is 0 Å². The second kappa shape index (κ2) is 5.08. The van der Waals surface area contributed by atoms with Gasteiger partial charge in [-0.05, 0) is 24.3 Å². The molecule has 2 aliphatic heterocycles. The third kappa shape index (κ3) is 1.69. The fourth-order valence-corrected chi connectivity index (χ4v) is 4.05. The van der Waals surface area contributed by atoms with Crippen LogP contribution in [0.25, 0.3) is 0 Å². The number of benzene rings is 2. The fourth-order valence-electron chi connectivity index (χ4n) is 4.05. The molecule has 0 amide bonds. The summed E-state index contributed by atoms with van der Waals surface area (Å²) < 4.78 is 17.2. The summed E-state index contributed by atoms with van der Waals surface area (Å²) in [5.74, 6) is -0.325. The summed E-state index contributed by atoms with van der Waals surface area (Å²) >= 11 is 0. The smallest absolute Gasteiger partial charge is 0.339 e. The first-order valence-corrected chi connectivity index (χ1v) is 8.27. The van der Waals surface area contributed by atoms with E-state index in [2.05, 4.69) is 0 Å². The lowest BCUT2D eigenvalue weighted by Crippen LogP contribution is -2.47. The largest absolute Gasteiger partial charge is 0.493 e. The summed E-state index contributed by atoms with van der Waals surface area (Å²) in [6.45, 7) is 0. The third-order valence-corrected chi connectivity index (χ3v) is 5.13. The Hall–Kier alpha value is -3.34. The summed E-state index contributed by atoms with van der Waals surface area (Å²) in [6.07, 6.45) is 3.29. The Kier molecular flexibility index (Phi) is 2.92. The molecule has 0 N–H and O–H groups in total.